The third-order valence-corrected chi connectivity index (χ3v) is 1.88. The molecule has 0 bridgehead atoms. The first kappa shape index (κ1) is 10.8. The molecule has 0 heterocycles. The minimum absolute atomic E-state index is 0.134. The van der Waals surface area contributed by atoms with Gasteiger partial charge in [-0.15, -0.1) is 0 Å². The van der Waals surface area contributed by atoms with Crippen molar-refractivity contribution >= 4 is 5.78 Å². The molecular weight excluding hydrogens is 193 g/mol. The van der Waals surface area contributed by atoms with Gasteiger partial charge < -0.3 is 0 Å². The number of benzene rings is 1. The molecule has 1 aromatic carbocycles. The van der Waals surface area contributed by atoms with Crippen LogP contribution in [0.4, 0.5) is 13.2 Å². The minimum atomic E-state index is -2.85. The van der Waals surface area contributed by atoms with Crippen LogP contribution in [-0.4, -0.2) is 5.78 Å². The van der Waals surface area contributed by atoms with Crippen LogP contribution >= 0.6 is 0 Å². The van der Waals surface area contributed by atoms with E-state index in [1.807, 2.05) is 0 Å². The molecule has 0 N–H and O–H groups in total. The highest BCUT2D eigenvalue weighted by Gasteiger charge is 2.14. The summed E-state index contributed by atoms with van der Waals surface area (Å²) in [5, 5.41) is 0. The lowest BCUT2D eigenvalue weighted by molar-refractivity contribution is 0.0986. The highest BCUT2D eigenvalue weighted by molar-refractivity contribution is 5.95. The Kier molecular flexibility index (Phi) is 3.28. The normalized spacial score (nSPS) is 10.6. The molecule has 76 valence electrons. The van der Waals surface area contributed by atoms with Gasteiger partial charge in [-0.2, -0.15) is 0 Å². The van der Waals surface area contributed by atoms with Crippen molar-refractivity contribution in [2.75, 3.05) is 0 Å². The van der Waals surface area contributed by atoms with Crippen molar-refractivity contribution in [3.8, 4) is 0 Å². The van der Waals surface area contributed by atoms with E-state index in [9.17, 15) is 18.0 Å². The number of ketones is 1. The monoisotopic (exact) mass is 202 g/mol. The summed E-state index contributed by atoms with van der Waals surface area (Å²) in [4.78, 5) is 11.1. The molecule has 0 saturated heterocycles. The molecule has 0 aliphatic rings. The van der Waals surface area contributed by atoms with Crippen LogP contribution in [0.2, 0.25) is 0 Å². The van der Waals surface area contributed by atoms with E-state index in [2.05, 4.69) is 0 Å². The SMILES string of the molecule is CCC(=O)c1ccc(C(F)F)c(F)c1. The van der Waals surface area contributed by atoms with Gasteiger partial charge in [0.2, 0.25) is 0 Å². The molecule has 0 fully saturated rings. The molecule has 1 rings (SSSR count). The summed E-state index contributed by atoms with van der Waals surface area (Å²) in [5.41, 5.74) is -0.535. The molecular formula is C10H9F3O. The van der Waals surface area contributed by atoms with Crippen molar-refractivity contribution in [1.82, 2.24) is 0 Å². The van der Waals surface area contributed by atoms with E-state index in [-0.39, 0.29) is 17.8 Å². The first-order chi connectivity index (χ1) is 6.56. The number of halogens is 3. The molecule has 0 spiro atoms. The number of carbonyl (C=O) groups is 1. The average Bonchev–Trinajstić information content (AvgIpc) is 2.15. The fraction of sp³-hybridized carbons (Fsp3) is 0.300. The number of hydrogen-bond acceptors (Lipinski definition) is 1. The van der Waals surface area contributed by atoms with E-state index < -0.39 is 17.8 Å². The molecule has 1 aromatic rings. The largest absolute Gasteiger partial charge is 0.294 e. The summed E-state index contributed by atoms with van der Waals surface area (Å²) in [6, 6.07) is 3.02. The lowest BCUT2D eigenvalue weighted by Gasteiger charge is -2.03. The van der Waals surface area contributed by atoms with Gasteiger partial charge in [-0.25, -0.2) is 13.2 Å². The van der Waals surface area contributed by atoms with Crippen LogP contribution in [0.3, 0.4) is 0 Å². The van der Waals surface area contributed by atoms with Crippen LogP contribution in [0.15, 0.2) is 18.2 Å². The molecule has 0 atom stereocenters. The highest BCUT2D eigenvalue weighted by Crippen LogP contribution is 2.22. The molecule has 0 radical (unpaired) electrons. The summed E-state index contributed by atoms with van der Waals surface area (Å²) in [5.74, 6) is -1.29. The third kappa shape index (κ3) is 2.13. The number of carbonyl (C=O) groups excluding carboxylic acids is 1. The molecule has 1 nitrogen and oxygen atoms in total. The highest BCUT2D eigenvalue weighted by atomic mass is 19.3. The molecule has 0 saturated carbocycles. The molecule has 14 heavy (non-hydrogen) atoms. The maximum Gasteiger partial charge on any atom is 0.266 e. The Morgan fingerprint density at radius 2 is 2.07 bits per heavy atom. The predicted molar refractivity (Wildman–Crippen MR) is 46.0 cm³/mol. The van der Waals surface area contributed by atoms with E-state index >= 15 is 0 Å². The van der Waals surface area contributed by atoms with Crippen molar-refractivity contribution in [3.05, 3.63) is 35.1 Å². The van der Waals surface area contributed by atoms with Crippen LogP contribution in [0.1, 0.15) is 35.7 Å². The van der Waals surface area contributed by atoms with E-state index in [4.69, 9.17) is 0 Å². The Hall–Kier alpha value is -1.32. The zero-order valence-electron chi connectivity index (χ0n) is 7.56. The smallest absolute Gasteiger partial charge is 0.266 e. The summed E-state index contributed by atoms with van der Waals surface area (Å²) < 4.78 is 37.2. The van der Waals surface area contributed by atoms with Crippen molar-refractivity contribution in [2.24, 2.45) is 0 Å². The minimum Gasteiger partial charge on any atom is -0.294 e. The summed E-state index contributed by atoms with van der Waals surface area (Å²) in [7, 11) is 0. The lowest BCUT2D eigenvalue weighted by Crippen LogP contribution is -1.99. The maximum absolute atomic E-state index is 13.0. The first-order valence-electron chi connectivity index (χ1n) is 4.17. The van der Waals surface area contributed by atoms with Crippen LogP contribution in [0.25, 0.3) is 0 Å². The Bertz CT molecular complexity index is 347. The van der Waals surface area contributed by atoms with Gasteiger partial charge in [-0.1, -0.05) is 13.0 Å². The second-order valence-corrected chi connectivity index (χ2v) is 2.81. The van der Waals surface area contributed by atoms with Crippen molar-refractivity contribution < 1.29 is 18.0 Å². The summed E-state index contributed by atoms with van der Waals surface area (Å²) in [6.45, 7) is 1.63. The second kappa shape index (κ2) is 4.26. The molecule has 0 aromatic heterocycles. The number of rotatable bonds is 3. The van der Waals surface area contributed by atoms with Gasteiger partial charge in [-0.3, -0.25) is 4.79 Å². The van der Waals surface area contributed by atoms with E-state index in [1.54, 1.807) is 6.92 Å². The zero-order chi connectivity index (χ0) is 10.7. The Balaban J connectivity index is 3.06. The van der Waals surface area contributed by atoms with E-state index in [1.165, 1.54) is 6.07 Å². The van der Waals surface area contributed by atoms with Crippen LogP contribution in [0, 0.1) is 5.82 Å². The quantitative estimate of drug-likeness (QED) is 0.687. The predicted octanol–water partition coefficient (Wildman–Crippen LogP) is 3.36. The average molecular weight is 202 g/mol. The topological polar surface area (TPSA) is 17.1 Å². The molecule has 0 unspecified atom stereocenters. The molecule has 0 aliphatic carbocycles. The van der Waals surface area contributed by atoms with Gasteiger partial charge in [0.1, 0.15) is 5.82 Å². The summed E-state index contributed by atoms with van der Waals surface area (Å²) >= 11 is 0. The first-order valence-corrected chi connectivity index (χ1v) is 4.17. The van der Waals surface area contributed by atoms with Gasteiger partial charge in [0.15, 0.2) is 5.78 Å². The molecule has 0 aliphatic heterocycles. The van der Waals surface area contributed by atoms with Gasteiger partial charge in [-0.05, 0) is 12.1 Å². The molecule has 0 amide bonds. The van der Waals surface area contributed by atoms with Crippen LogP contribution in [-0.2, 0) is 0 Å². The van der Waals surface area contributed by atoms with Gasteiger partial charge in [0.05, 0.1) is 5.56 Å². The Morgan fingerprint density at radius 1 is 1.43 bits per heavy atom. The van der Waals surface area contributed by atoms with Crippen molar-refractivity contribution in [3.63, 3.8) is 0 Å². The number of alkyl halides is 2. The maximum atomic E-state index is 13.0. The fourth-order valence-electron chi connectivity index (χ4n) is 1.08. The lowest BCUT2D eigenvalue weighted by atomic mass is 10.1. The van der Waals surface area contributed by atoms with Crippen molar-refractivity contribution in [2.45, 2.75) is 19.8 Å². The second-order valence-electron chi connectivity index (χ2n) is 2.81. The van der Waals surface area contributed by atoms with Gasteiger partial charge in [0, 0.05) is 12.0 Å². The standard InChI is InChI=1S/C10H9F3O/c1-2-9(14)6-3-4-7(10(12)13)8(11)5-6/h3-5,10H,2H2,1H3. The van der Waals surface area contributed by atoms with Crippen LogP contribution in [0.5, 0.6) is 0 Å². The number of hydrogen-bond donors (Lipinski definition) is 0. The van der Waals surface area contributed by atoms with Gasteiger partial charge in [0.25, 0.3) is 6.43 Å². The van der Waals surface area contributed by atoms with Gasteiger partial charge >= 0.3 is 0 Å². The fourth-order valence-corrected chi connectivity index (χ4v) is 1.08. The molecule has 4 heteroatoms. The Labute approximate surface area is 79.5 Å². The van der Waals surface area contributed by atoms with Crippen LogP contribution < -0.4 is 0 Å². The van der Waals surface area contributed by atoms with E-state index in [0.29, 0.717) is 0 Å². The van der Waals surface area contributed by atoms with E-state index in [0.717, 1.165) is 12.1 Å². The summed E-state index contributed by atoms with van der Waals surface area (Å²) in [6.07, 6.45) is -2.62. The number of Topliss-reactive ketones (excluding diaryl/α,β-unsaturated/α-hetero) is 1. The van der Waals surface area contributed by atoms with Crippen molar-refractivity contribution in [1.29, 1.82) is 0 Å². The third-order valence-electron chi connectivity index (χ3n) is 1.88. The zero-order valence-corrected chi connectivity index (χ0v) is 7.56. The Morgan fingerprint density at radius 3 is 2.50 bits per heavy atom.